The summed E-state index contributed by atoms with van der Waals surface area (Å²) in [6.07, 6.45) is 2.82. The lowest BCUT2D eigenvalue weighted by atomic mass is 10.1. The number of hydrogen-bond donors (Lipinski definition) is 0. The zero-order valence-electron chi connectivity index (χ0n) is 11.9. The highest BCUT2D eigenvalue weighted by molar-refractivity contribution is 7.15. The summed E-state index contributed by atoms with van der Waals surface area (Å²) in [5.41, 5.74) is 3.94. The van der Waals surface area contributed by atoms with Gasteiger partial charge in [0, 0.05) is 40.4 Å². The van der Waals surface area contributed by atoms with Gasteiger partial charge in [-0.1, -0.05) is 6.07 Å². The Balaban J connectivity index is 1.76. The molecule has 21 heavy (non-hydrogen) atoms. The van der Waals surface area contributed by atoms with Crippen LogP contribution in [0.2, 0.25) is 0 Å². The van der Waals surface area contributed by atoms with Crippen LogP contribution in [0.3, 0.4) is 0 Å². The molecule has 3 aromatic rings. The third kappa shape index (κ3) is 2.00. The largest absolute Gasteiger partial charge is 0.269 e. The summed E-state index contributed by atoms with van der Waals surface area (Å²) < 4.78 is 1.63. The minimum Gasteiger partial charge on any atom is -0.269 e. The molecule has 1 aliphatic carbocycles. The highest BCUT2D eigenvalue weighted by Gasteiger charge is 2.43. The smallest absolute Gasteiger partial charge is 0.261 e. The molecule has 0 spiro atoms. The molecule has 0 radical (unpaired) electrons. The van der Waals surface area contributed by atoms with E-state index in [1.165, 1.54) is 11.3 Å². The SMILES string of the molecule is Cc1cccc([C@@H]2C[C@H]2c2nc3sccn3c(=O)c2C)n1. The predicted octanol–water partition coefficient (Wildman–Crippen LogP) is 3.04. The van der Waals surface area contributed by atoms with Gasteiger partial charge in [0.1, 0.15) is 0 Å². The van der Waals surface area contributed by atoms with Crippen LogP contribution in [-0.2, 0) is 0 Å². The molecular formula is C16H15N3OS. The molecule has 0 bridgehead atoms. The monoisotopic (exact) mass is 297 g/mol. The van der Waals surface area contributed by atoms with E-state index < -0.39 is 0 Å². The van der Waals surface area contributed by atoms with Gasteiger partial charge in [0.05, 0.1) is 5.69 Å². The van der Waals surface area contributed by atoms with Crippen molar-refractivity contribution in [2.75, 3.05) is 0 Å². The van der Waals surface area contributed by atoms with Crippen molar-refractivity contribution in [3.05, 3.63) is 62.8 Å². The molecule has 0 aromatic carbocycles. The number of thiazole rings is 1. The lowest BCUT2D eigenvalue weighted by molar-refractivity contribution is 0.892. The standard InChI is InChI=1S/C16H15N3OS/c1-9-4-3-5-13(17-9)11-8-12(11)14-10(2)15(20)19-6-7-21-16(19)18-14/h3-7,11-12H,8H2,1-2H3/t11-,12-/m1/s1. The van der Waals surface area contributed by atoms with Crippen molar-refractivity contribution in [2.45, 2.75) is 32.1 Å². The molecular weight excluding hydrogens is 282 g/mol. The Morgan fingerprint density at radius 2 is 2.10 bits per heavy atom. The number of fused-ring (bicyclic) bond motifs is 1. The second kappa shape index (κ2) is 4.49. The van der Waals surface area contributed by atoms with Gasteiger partial charge in [0.2, 0.25) is 0 Å². The van der Waals surface area contributed by atoms with E-state index in [4.69, 9.17) is 4.98 Å². The second-order valence-electron chi connectivity index (χ2n) is 5.64. The van der Waals surface area contributed by atoms with E-state index in [0.717, 1.165) is 34.0 Å². The van der Waals surface area contributed by atoms with E-state index in [1.54, 1.807) is 10.6 Å². The highest BCUT2D eigenvalue weighted by atomic mass is 32.1. The number of nitrogens with zero attached hydrogens (tertiary/aromatic N) is 3. The molecule has 1 saturated carbocycles. The Morgan fingerprint density at radius 1 is 1.24 bits per heavy atom. The number of aromatic nitrogens is 3. The zero-order valence-corrected chi connectivity index (χ0v) is 12.7. The van der Waals surface area contributed by atoms with Gasteiger partial charge in [-0.05, 0) is 32.4 Å². The van der Waals surface area contributed by atoms with E-state index in [-0.39, 0.29) is 5.56 Å². The van der Waals surface area contributed by atoms with Crippen LogP contribution in [0.25, 0.3) is 4.96 Å². The van der Waals surface area contributed by atoms with Gasteiger partial charge in [-0.15, -0.1) is 11.3 Å². The van der Waals surface area contributed by atoms with Crippen molar-refractivity contribution < 1.29 is 0 Å². The van der Waals surface area contributed by atoms with Crippen LogP contribution in [0.4, 0.5) is 0 Å². The van der Waals surface area contributed by atoms with Gasteiger partial charge in [-0.3, -0.25) is 14.2 Å². The molecule has 106 valence electrons. The maximum Gasteiger partial charge on any atom is 0.261 e. The molecule has 1 fully saturated rings. The van der Waals surface area contributed by atoms with E-state index in [2.05, 4.69) is 11.1 Å². The summed E-state index contributed by atoms with van der Waals surface area (Å²) in [6.45, 7) is 3.89. The molecule has 5 heteroatoms. The van der Waals surface area contributed by atoms with Gasteiger partial charge in [0.25, 0.3) is 5.56 Å². The molecule has 2 atom stereocenters. The normalized spacial score (nSPS) is 20.9. The molecule has 1 aliphatic rings. The maximum atomic E-state index is 12.4. The maximum absolute atomic E-state index is 12.4. The summed E-state index contributed by atoms with van der Waals surface area (Å²) >= 11 is 1.51. The third-order valence-electron chi connectivity index (χ3n) is 4.16. The second-order valence-corrected chi connectivity index (χ2v) is 6.51. The van der Waals surface area contributed by atoms with Crippen LogP contribution in [0, 0.1) is 13.8 Å². The molecule has 3 heterocycles. The van der Waals surface area contributed by atoms with Crippen molar-refractivity contribution in [2.24, 2.45) is 0 Å². The average Bonchev–Trinajstić information content (AvgIpc) is 3.13. The first-order valence-electron chi connectivity index (χ1n) is 7.05. The first-order chi connectivity index (χ1) is 10.1. The van der Waals surface area contributed by atoms with Crippen molar-refractivity contribution in [1.82, 2.24) is 14.4 Å². The summed E-state index contributed by atoms with van der Waals surface area (Å²) in [5.74, 6) is 0.733. The minimum absolute atomic E-state index is 0.0547. The number of hydrogen-bond acceptors (Lipinski definition) is 4. The van der Waals surface area contributed by atoms with Crippen molar-refractivity contribution >= 4 is 16.3 Å². The van der Waals surface area contributed by atoms with Crippen LogP contribution in [0.1, 0.15) is 40.9 Å². The molecule has 4 nitrogen and oxygen atoms in total. The predicted molar refractivity (Wildman–Crippen MR) is 83.1 cm³/mol. The lowest BCUT2D eigenvalue weighted by Crippen LogP contribution is -2.18. The van der Waals surface area contributed by atoms with Crippen molar-refractivity contribution in [3.63, 3.8) is 0 Å². The summed E-state index contributed by atoms with van der Waals surface area (Å²) in [7, 11) is 0. The van der Waals surface area contributed by atoms with Crippen LogP contribution >= 0.6 is 11.3 Å². The molecule has 0 unspecified atom stereocenters. The third-order valence-corrected chi connectivity index (χ3v) is 4.92. The van der Waals surface area contributed by atoms with Crippen LogP contribution in [-0.4, -0.2) is 14.4 Å². The topological polar surface area (TPSA) is 47.3 Å². The van der Waals surface area contributed by atoms with Crippen molar-refractivity contribution in [1.29, 1.82) is 0 Å². The Bertz CT molecular complexity index is 896. The number of pyridine rings is 1. The van der Waals surface area contributed by atoms with Gasteiger partial charge in [0.15, 0.2) is 4.96 Å². The number of rotatable bonds is 2. The minimum atomic E-state index is 0.0547. The average molecular weight is 297 g/mol. The number of aryl methyl sites for hydroxylation is 1. The Morgan fingerprint density at radius 3 is 2.90 bits per heavy atom. The summed E-state index contributed by atoms with van der Waals surface area (Å²) in [5, 5.41) is 1.90. The molecule has 4 rings (SSSR count). The summed E-state index contributed by atoms with van der Waals surface area (Å²) in [6, 6.07) is 6.13. The molecule has 0 aliphatic heterocycles. The van der Waals surface area contributed by atoms with Crippen LogP contribution in [0.15, 0.2) is 34.6 Å². The quantitative estimate of drug-likeness (QED) is 0.730. The fourth-order valence-electron chi connectivity index (χ4n) is 2.94. The van der Waals surface area contributed by atoms with Gasteiger partial charge in [-0.2, -0.15) is 0 Å². The van der Waals surface area contributed by atoms with Gasteiger partial charge < -0.3 is 0 Å². The van der Waals surface area contributed by atoms with E-state index in [0.29, 0.717) is 11.8 Å². The van der Waals surface area contributed by atoms with Gasteiger partial charge in [-0.25, -0.2) is 4.98 Å². The fraction of sp³-hybridized carbons (Fsp3) is 0.312. The van der Waals surface area contributed by atoms with Crippen molar-refractivity contribution in [3.8, 4) is 0 Å². The van der Waals surface area contributed by atoms with Crippen LogP contribution < -0.4 is 5.56 Å². The molecule has 0 N–H and O–H groups in total. The van der Waals surface area contributed by atoms with Gasteiger partial charge >= 0.3 is 0 Å². The summed E-state index contributed by atoms with van der Waals surface area (Å²) in [4.78, 5) is 22.5. The first kappa shape index (κ1) is 12.7. The first-order valence-corrected chi connectivity index (χ1v) is 7.93. The lowest BCUT2D eigenvalue weighted by Gasteiger charge is -2.05. The Hall–Kier alpha value is -2.01. The van der Waals surface area contributed by atoms with E-state index in [1.807, 2.05) is 31.4 Å². The molecule has 0 saturated heterocycles. The highest BCUT2D eigenvalue weighted by Crippen LogP contribution is 2.54. The molecule has 3 aromatic heterocycles. The Labute approximate surface area is 126 Å². The fourth-order valence-corrected chi connectivity index (χ4v) is 3.65. The van der Waals surface area contributed by atoms with E-state index >= 15 is 0 Å². The van der Waals surface area contributed by atoms with E-state index in [9.17, 15) is 4.79 Å². The van der Waals surface area contributed by atoms with Crippen LogP contribution in [0.5, 0.6) is 0 Å². The Kier molecular flexibility index (Phi) is 2.72. The molecule has 0 amide bonds. The zero-order chi connectivity index (χ0) is 14.6.